The summed E-state index contributed by atoms with van der Waals surface area (Å²) in [7, 11) is -2.20. The number of carbonyl (C=O) groups is 3. The van der Waals surface area contributed by atoms with Gasteiger partial charge in [0.2, 0.25) is 10.0 Å². The van der Waals surface area contributed by atoms with Gasteiger partial charge in [0.1, 0.15) is 0 Å². The van der Waals surface area contributed by atoms with Crippen LogP contribution < -0.4 is 5.32 Å². The summed E-state index contributed by atoms with van der Waals surface area (Å²) < 4.78 is 27.4. The summed E-state index contributed by atoms with van der Waals surface area (Å²) in [6, 6.07) is 10.3. The maximum absolute atomic E-state index is 12.9. The van der Waals surface area contributed by atoms with E-state index in [0.717, 1.165) is 24.2 Å². The van der Waals surface area contributed by atoms with Gasteiger partial charge in [0.25, 0.3) is 17.7 Å². The van der Waals surface area contributed by atoms with Gasteiger partial charge in [-0.3, -0.25) is 19.3 Å². The molecule has 2 heterocycles. The van der Waals surface area contributed by atoms with Crippen molar-refractivity contribution in [1.29, 1.82) is 0 Å². The van der Waals surface area contributed by atoms with Crippen LogP contribution in [0.2, 0.25) is 0 Å². The molecule has 1 N–H and O–H groups in total. The number of carbonyl (C=O) groups excluding carboxylic acids is 3. The van der Waals surface area contributed by atoms with Crippen molar-refractivity contribution in [3.8, 4) is 0 Å². The number of nitrogens with one attached hydrogen (secondary N) is 1. The molecular formula is C22H23N3O5S. The second-order valence-electron chi connectivity index (χ2n) is 7.87. The highest BCUT2D eigenvalue weighted by molar-refractivity contribution is 7.89. The van der Waals surface area contributed by atoms with Crippen LogP contribution in [0.3, 0.4) is 0 Å². The molecule has 0 saturated carbocycles. The summed E-state index contributed by atoms with van der Waals surface area (Å²) in [6.45, 7) is 2.41. The molecule has 1 unspecified atom stereocenters. The highest BCUT2D eigenvalue weighted by Gasteiger charge is 2.33. The van der Waals surface area contributed by atoms with E-state index >= 15 is 0 Å². The number of amides is 3. The van der Waals surface area contributed by atoms with Crippen LogP contribution in [0.15, 0.2) is 47.4 Å². The maximum Gasteiger partial charge on any atom is 0.261 e. The first-order valence-corrected chi connectivity index (χ1v) is 11.5. The Balaban J connectivity index is 1.51. The molecule has 0 aromatic heterocycles. The fourth-order valence-electron chi connectivity index (χ4n) is 3.98. The molecule has 2 aromatic rings. The van der Waals surface area contributed by atoms with Gasteiger partial charge < -0.3 is 5.32 Å². The number of piperidine rings is 1. The number of fused-ring (bicyclic) bond motifs is 1. The summed E-state index contributed by atoms with van der Waals surface area (Å²) in [5.74, 6) is -1.24. The van der Waals surface area contributed by atoms with Gasteiger partial charge in [-0.2, -0.15) is 4.31 Å². The van der Waals surface area contributed by atoms with E-state index in [-0.39, 0.29) is 28.0 Å². The lowest BCUT2D eigenvalue weighted by atomic mass is 10.1. The third-order valence-corrected chi connectivity index (χ3v) is 7.84. The first kappa shape index (κ1) is 21.2. The molecule has 1 saturated heterocycles. The molecule has 0 bridgehead atoms. The van der Waals surface area contributed by atoms with Crippen molar-refractivity contribution in [3.63, 3.8) is 0 Å². The summed E-state index contributed by atoms with van der Waals surface area (Å²) in [5.41, 5.74) is 1.19. The van der Waals surface area contributed by atoms with Crippen LogP contribution in [0.5, 0.6) is 0 Å². The van der Waals surface area contributed by atoms with Crippen LogP contribution >= 0.6 is 0 Å². The number of hydrogen-bond acceptors (Lipinski definition) is 5. The summed E-state index contributed by atoms with van der Waals surface area (Å²) in [4.78, 5) is 37.9. The largest absolute Gasteiger partial charge is 0.322 e. The number of imide groups is 1. The molecular weight excluding hydrogens is 418 g/mol. The molecule has 2 aromatic carbocycles. The molecule has 8 nitrogen and oxygen atoms in total. The highest BCUT2D eigenvalue weighted by Crippen LogP contribution is 2.27. The van der Waals surface area contributed by atoms with E-state index in [0.29, 0.717) is 17.8 Å². The number of nitrogens with zero attached hydrogens (tertiary/aromatic N) is 2. The standard InChI is InChI=1S/C22H23N3O5S/c1-14-5-3-4-12-25(14)31(29,30)17-9-6-15(7-10-17)20(26)23-16-8-11-18-19(13-16)22(28)24(2)21(18)27/h6-11,13-14H,3-5,12H2,1-2H3,(H,23,26). The molecule has 0 spiro atoms. The summed E-state index contributed by atoms with van der Waals surface area (Å²) >= 11 is 0. The molecule has 3 amide bonds. The van der Waals surface area contributed by atoms with Crippen molar-refractivity contribution in [2.75, 3.05) is 18.9 Å². The number of benzene rings is 2. The monoisotopic (exact) mass is 441 g/mol. The molecule has 1 atom stereocenters. The number of hydrogen-bond donors (Lipinski definition) is 1. The minimum Gasteiger partial charge on any atom is -0.322 e. The normalized spacial score (nSPS) is 19.4. The molecule has 31 heavy (non-hydrogen) atoms. The fourth-order valence-corrected chi connectivity index (χ4v) is 5.68. The predicted molar refractivity (Wildman–Crippen MR) is 114 cm³/mol. The van der Waals surface area contributed by atoms with Crippen LogP contribution in [0.4, 0.5) is 5.69 Å². The van der Waals surface area contributed by atoms with E-state index in [2.05, 4.69) is 5.32 Å². The van der Waals surface area contributed by atoms with E-state index in [1.54, 1.807) is 6.07 Å². The van der Waals surface area contributed by atoms with E-state index < -0.39 is 21.8 Å². The van der Waals surface area contributed by atoms with Crippen molar-refractivity contribution < 1.29 is 22.8 Å². The summed E-state index contributed by atoms with van der Waals surface area (Å²) in [6.07, 6.45) is 2.70. The zero-order valence-electron chi connectivity index (χ0n) is 17.3. The molecule has 4 rings (SSSR count). The van der Waals surface area contributed by atoms with Gasteiger partial charge in [-0.05, 0) is 62.2 Å². The van der Waals surface area contributed by atoms with Crippen LogP contribution in [0.25, 0.3) is 0 Å². The Labute approximate surface area is 180 Å². The quantitative estimate of drug-likeness (QED) is 0.735. The molecule has 162 valence electrons. The van der Waals surface area contributed by atoms with Crippen molar-refractivity contribution >= 4 is 33.4 Å². The van der Waals surface area contributed by atoms with Gasteiger partial charge >= 0.3 is 0 Å². The number of sulfonamides is 1. The van der Waals surface area contributed by atoms with Gasteiger partial charge in [-0.1, -0.05) is 6.42 Å². The van der Waals surface area contributed by atoms with Crippen LogP contribution in [0, 0.1) is 0 Å². The lowest BCUT2D eigenvalue weighted by molar-refractivity contribution is 0.0692. The summed E-state index contributed by atoms with van der Waals surface area (Å²) in [5, 5.41) is 2.69. The molecule has 0 radical (unpaired) electrons. The van der Waals surface area contributed by atoms with E-state index in [1.807, 2.05) is 6.92 Å². The van der Waals surface area contributed by atoms with Crippen LogP contribution in [0.1, 0.15) is 57.3 Å². The van der Waals surface area contributed by atoms with Gasteiger partial charge in [0.15, 0.2) is 0 Å². The van der Waals surface area contributed by atoms with Gasteiger partial charge in [0.05, 0.1) is 16.0 Å². The Morgan fingerprint density at radius 1 is 1.00 bits per heavy atom. The zero-order chi connectivity index (χ0) is 22.3. The predicted octanol–water partition coefficient (Wildman–Crippen LogP) is 2.73. The topological polar surface area (TPSA) is 104 Å². The van der Waals surface area contributed by atoms with Crippen LogP contribution in [-0.2, 0) is 10.0 Å². The fraction of sp³-hybridized carbons (Fsp3) is 0.318. The van der Waals surface area contributed by atoms with E-state index in [9.17, 15) is 22.8 Å². The van der Waals surface area contributed by atoms with E-state index in [4.69, 9.17) is 0 Å². The SMILES string of the molecule is CC1CCCCN1S(=O)(=O)c1ccc(C(=O)Nc2ccc3c(c2)C(=O)N(C)C3=O)cc1. The van der Waals surface area contributed by atoms with Gasteiger partial charge in [-0.25, -0.2) is 8.42 Å². The number of anilines is 1. The van der Waals surface area contributed by atoms with Gasteiger partial charge in [-0.15, -0.1) is 0 Å². The third kappa shape index (κ3) is 3.75. The Morgan fingerprint density at radius 2 is 1.68 bits per heavy atom. The average Bonchev–Trinajstić information content (AvgIpc) is 2.97. The molecule has 2 aliphatic heterocycles. The minimum absolute atomic E-state index is 0.0461. The zero-order valence-corrected chi connectivity index (χ0v) is 18.1. The van der Waals surface area contributed by atoms with Crippen molar-refractivity contribution in [2.45, 2.75) is 37.1 Å². The highest BCUT2D eigenvalue weighted by atomic mass is 32.2. The first-order valence-electron chi connectivity index (χ1n) is 10.1. The Kier molecular flexibility index (Phi) is 5.40. The van der Waals surface area contributed by atoms with Crippen LogP contribution in [-0.4, -0.2) is 55.0 Å². The Morgan fingerprint density at radius 3 is 2.35 bits per heavy atom. The number of rotatable bonds is 4. The first-order chi connectivity index (χ1) is 14.7. The second-order valence-corrected chi connectivity index (χ2v) is 9.76. The van der Waals surface area contributed by atoms with E-state index in [1.165, 1.54) is 47.8 Å². The average molecular weight is 442 g/mol. The smallest absolute Gasteiger partial charge is 0.261 e. The molecule has 1 fully saturated rings. The van der Waals surface area contributed by atoms with Crippen molar-refractivity contribution in [2.24, 2.45) is 0 Å². The third-order valence-electron chi connectivity index (χ3n) is 5.81. The van der Waals surface area contributed by atoms with Crippen molar-refractivity contribution in [1.82, 2.24) is 9.21 Å². The lowest BCUT2D eigenvalue weighted by Crippen LogP contribution is -2.41. The Hall–Kier alpha value is -3.04. The molecule has 9 heteroatoms. The molecule has 2 aliphatic rings. The van der Waals surface area contributed by atoms with Crippen molar-refractivity contribution in [3.05, 3.63) is 59.2 Å². The lowest BCUT2D eigenvalue weighted by Gasteiger charge is -2.32. The minimum atomic E-state index is -3.61. The second kappa shape index (κ2) is 7.90. The molecule has 0 aliphatic carbocycles. The Bertz CT molecular complexity index is 1170. The van der Waals surface area contributed by atoms with Gasteiger partial charge in [0, 0.05) is 30.9 Å². The maximum atomic E-state index is 12.9.